The number of aliphatic carboxylic acids is 1. The van der Waals surface area contributed by atoms with Crippen molar-refractivity contribution in [3.63, 3.8) is 0 Å². The Labute approximate surface area is 158 Å². The maximum Gasteiger partial charge on any atom is 0.326 e. The molecule has 0 fully saturated rings. The third-order valence-corrected chi connectivity index (χ3v) is 5.43. The zero-order valence-corrected chi connectivity index (χ0v) is 15.5. The first-order chi connectivity index (χ1) is 12.8. The molecule has 7 nitrogen and oxygen atoms in total. The molecule has 27 heavy (non-hydrogen) atoms. The number of fused-ring (bicyclic) bond motifs is 1. The quantitative estimate of drug-likeness (QED) is 0.538. The van der Waals surface area contributed by atoms with Crippen LogP contribution in [0.25, 0.3) is 10.8 Å². The van der Waals surface area contributed by atoms with E-state index in [1.165, 1.54) is 6.07 Å². The molecule has 0 bridgehead atoms. The minimum absolute atomic E-state index is 0.107. The molecule has 1 unspecified atom stereocenters. The summed E-state index contributed by atoms with van der Waals surface area (Å²) >= 11 is 0. The van der Waals surface area contributed by atoms with Gasteiger partial charge in [-0.05, 0) is 35.7 Å². The van der Waals surface area contributed by atoms with Crippen molar-refractivity contribution in [2.75, 3.05) is 6.54 Å². The number of rotatable bonds is 10. The van der Waals surface area contributed by atoms with Gasteiger partial charge in [0.1, 0.15) is 6.04 Å². The second-order valence-electron chi connectivity index (χ2n) is 5.98. The molecule has 144 valence electrons. The third-order valence-electron chi connectivity index (χ3n) is 3.97. The topological polar surface area (TPSA) is 113 Å². The smallest absolute Gasteiger partial charge is 0.326 e. The average molecular weight is 390 g/mol. The van der Waals surface area contributed by atoms with Crippen LogP contribution >= 0.6 is 0 Å². The van der Waals surface area contributed by atoms with Crippen molar-refractivity contribution in [1.29, 1.82) is 0 Å². The van der Waals surface area contributed by atoms with Gasteiger partial charge in [-0.2, -0.15) is 0 Å². The molecule has 2 rings (SSSR count). The summed E-state index contributed by atoms with van der Waals surface area (Å²) in [5, 5.41) is 13.2. The number of amides is 1. The van der Waals surface area contributed by atoms with Crippen molar-refractivity contribution in [1.82, 2.24) is 10.0 Å². The maximum absolute atomic E-state index is 12.4. The van der Waals surface area contributed by atoms with E-state index in [0.29, 0.717) is 6.42 Å². The Kier molecular flexibility index (Phi) is 7.09. The van der Waals surface area contributed by atoms with Gasteiger partial charge in [-0.3, -0.25) is 4.79 Å². The molecular weight excluding hydrogens is 368 g/mol. The minimum atomic E-state index is -3.77. The van der Waals surface area contributed by atoms with Crippen molar-refractivity contribution in [3.8, 4) is 0 Å². The van der Waals surface area contributed by atoms with E-state index in [1.54, 1.807) is 18.2 Å². The molecule has 2 aromatic rings. The SMILES string of the molecule is C=CCCC(NC(=O)CCNS(=O)(=O)c1ccc2ccccc2c1)C(=O)O. The molecule has 2 aromatic carbocycles. The van der Waals surface area contributed by atoms with Crippen LogP contribution < -0.4 is 10.0 Å². The average Bonchev–Trinajstić information content (AvgIpc) is 2.64. The Morgan fingerprint density at radius 1 is 1.15 bits per heavy atom. The van der Waals surface area contributed by atoms with Crippen LogP contribution in [-0.2, 0) is 19.6 Å². The normalized spacial score (nSPS) is 12.4. The van der Waals surface area contributed by atoms with Gasteiger partial charge in [0.25, 0.3) is 0 Å². The van der Waals surface area contributed by atoms with Gasteiger partial charge in [-0.15, -0.1) is 6.58 Å². The number of benzene rings is 2. The standard InChI is InChI=1S/C19H22N2O5S/c1-2-3-8-17(19(23)24)21-18(22)11-12-20-27(25,26)16-10-9-14-6-4-5-7-15(14)13-16/h2,4-7,9-10,13,17,20H,1,3,8,11-12H2,(H,21,22)(H,23,24). The second-order valence-corrected chi connectivity index (χ2v) is 7.75. The lowest BCUT2D eigenvalue weighted by Crippen LogP contribution is -2.41. The minimum Gasteiger partial charge on any atom is -0.480 e. The molecule has 0 heterocycles. The zero-order chi connectivity index (χ0) is 19.9. The molecule has 1 amide bonds. The van der Waals surface area contributed by atoms with Crippen LogP contribution in [0, 0.1) is 0 Å². The summed E-state index contributed by atoms with van der Waals surface area (Å²) in [5.41, 5.74) is 0. The number of carboxylic acid groups (broad SMARTS) is 1. The lowest BCUT2D eigenvalue weighted by atomic mass is 10.1. The fraction of sp³-hybridized carbons (Fsp3) is 0.263. The fourth-order valence-corrected chi connectivity index (χ4v) is 3.59. The largest absolute Gasteiger partial charge is 0.480 e. The molecule has 0 aromatic heterocycles. The van der Waals surface area contributed by atoms with Crippen LogP contribution in [0.1, 0.15) is 19.3 Å². The fourth-order valence-electron chi connectivity index (χ4n) is 2.53. The van der Waals surface area contributed by atoms with E-state index in [-0.39, 0.29) is 24.3 Å². The van der Waals surface area contributed by atoms with Crippen molar-refractivity contribution in [2.45, 2.75) is 30.2 Å². The van der Waals surface area contributed by atoms with E-state index in [1.807, 2.05) is 24.3 Å². The second kappa shape index (κ2) is 9.29. The van der Waals surface area contributed by atoms with Crippen molar-refractivity contribution in [3.05, 3.63) is 55.1 Å². The van der Waals surface area contributed by atoms with E-state index in [9.17, 15) is 18.0 Å². The van der Waals surface area contributed by atoms with E-state index < -0.39 is 27.9 Å². The number of nitrogens with one attached hydrogen (secondary N) is 2. The first-order valence-electron chi connectivity index (χ1n) is 8.45. The Bertz CT molecular complexity index is 940. The molecule has 0 aliphatic heterocycles. The molecule has 0 saturated carbocycles. The molecule has 3 N–H and O–H groups in total. The van der Waals surface area contributed by atoms with Gasteiger partial charge in [-0.25, -0.2) is 17.9 Å². The van der Waals surface area contributed by atoms with E-state index in [4.69, 9.17) is 5.11 Å². The monoisotopic (exact) mass is 390 g/mol. The molecular formula is C19H22N2O5S. The van der Waals surface area contributed by atoms with E-state index in [0.717, 1.165) is 10.8 Å². The highest BCUT2D eigenvalue weighted by Gasteiger charge is 2.20. The number of hydrogen-bond acceptors (Lipinski definition) is 4. The molecule has 0 spiro atoms. The van der Waals surface area contributed by atoms with Crippen molar-refractivity contribution < 1.29 is 23.1 Å². The third kappa shape index (κ3) is 5.90. The lowest BCUT2D eigenvalue weighted by Gasteiger charge is -2.14. The highest BCUT2D eigenvalue weighted by atomic mass is 32.2. The Balaban J connectivity index is 1.93. The summed E-state index contributed by atoms with van der Waals surface area (Å²) < 4.78 is 27.1. The van der Waals surface area contributed by atoms with E-state index >= 15 is 0 Å². The van der Waals surface area contributed by atoms with Gasteiger partial charge in [0.05, 0.1) is 4.90 Å². The molecule has 0 aliphatic rings. The Morgan fingerprint density at radius 2 is 1.85 bits per heavy atom. The van der Waals surface area contributed by atoms with Crippen LogP contribution in [0.3, 0.4) is 0 Å². The highest BCUT2D eigenvalue weighted by molar-refractivity contribution is 7.89. The summed E-state index contributed by atoms with van der Waals surface area (Å²) in [6.45, 7) is 3.38. The molecule has 0 radical (unpaired) electrons. The van der Waals surface area contributed by atoms with Crippen molar-refractivity contribution >= 4 is 32.7 Å². The van der Waals surface area contributed by atoms with Gasteiger partial charge in [0.15, 0.2) is 0 Å². The van der Waals surface area contributed by atoms with Gasteiger partial charge in [-0.1, -0.05) is 36.4 Å². The number of sulfonamides is 1. The predicted octanol–water partition coefficient (Wildman–Crippen LogP) is 2.04. The Morgan fingerprint density at radius 3 is 2.52 bits per heavy atom. The molecule has 0 saturated heterocycles. The predicted molar refractivity (Wildman–Crippen MR) is 103 cm³/mol. The summed E-state index contributed by atoms with van der Waals surface area (Å²) in [4.78, 5) is 23.1. The maximum atomic E-state index is 12.4. The summed E-state index contributed by atoms with van der Waals surface area (Å²) in [6.07, 6.45) is 2.09. The number of allylic oxidation sites excluding steroid dienone is 1. The molecule has 8 heteroatoms. The number of carbonyl (C=O) groups excluding carboxylic acids is 1. The lowest BCUT2D eigenvalue weighted by molar-refractivity contribution is -0.142. The highest BCUT2D eigenvalue weighted by Crippen LogP contribution is 2.18. The summed E-state index contributed by atoms with van der Waals surface area (Å²) in [6, 6.07) is 11.1. The van der Waals surface area contributed by atoms with Crippen molar-refractivity contribution in [2.24, 2.45) is 0 Å². The van der Waals surface area contributed by atoms with Crippen LogP contribution in [0.2, 0.25) is 0 Å². The summed E-state index contributed by atoms with van der Waals surface area (Å²) in [5.74, 6) is -1.67. The first-order valence-corrected chi connectivity index (χ1v) is 9.93. The van der Waals surface area contributed by atoms with Gasteiger partial charge >= 0.3 is 5.97 Å². The van der Waals surface area contributed by atoms with Crippen LogP contribution in [0.15, 0.2) is 60.0 Å². The van der Waals surface area contributed by atoms with Gasteiger partial charge < -0.3 is 10.4 Å². The first kappa shape index (κ1) is 20.6. The number of carboxylic acids is 1. The molecule has 0 aliphatic carbocycles. The zero-order valence-electron chi connectivity index (χ0n) is 14.7. The Hall–Kier alpha value is -2.71. The van der Waals surface area contributed by atoms with Crippen LogP contribution in [-0.4, -0.2) is 38.0 Å². The van der Waals surface area contributed by atoms with Gasteiger partial charge in [0, 0.05) is 13.0 Å². The van der Waals surface area contributed by atoms with Crippen LogP contribution in [0.4, 0.5) is 0 Å². The van der Waals surface area contributed by atoms with Crippen LogP contribution in [0.5, 0.6) is 0 Å². The summed E-state index contributed by atoms with van der Waals surface area (Å²) in [7, 11) is -3.77. The van der Waals surface area contributed by atoms with E-state index in [2.05, 4.69) is 16.6 Å². The number of hydrogen-bond donors (Lipinski definition) is 3. The molecule has 1 atom stereocenters. The number of carbonyl (C=O) groups is 2. The van der Waals surface area contributed by atoms with Gasteiger partial charge in [0.2, 0.25) is 15.9 Å².